The Morgan fingerprint density at radius 2 is 2.00 bits per heavy atom. The number of halogens is 2. The second-order valence-electron chi connectivity index (χ2n) is 2.27. The monoisotopic (exact) mass is 242 g/mol. The SMILES string of the molecule is COc1ccc(S(=O)(=O)O)c(F)c1.Cl. The Balaban J connectivity index is 0.00000169. The Kier molecular flexibility index (Phi) is 4.31. The molecule has 14 heavy (non-hydrogen) atoms. The van der Waals surface area contributed by atoms with Gasteiger partial charge in [0.2, 0.25) is 0 Å². The van der Waals surface area contributed by atoms with Crippen LogP contribution in [0.5, 0.6) is 5.75 Å². The third kappa shape index (κ3) is 2.83. The van der Waals surface area contributed by atoms with Crippen molar-refractivity contribution in [2.45, 2.75) is 4.90 Å². The van der Waals surface area contributed by atoms with E-state index in [1.165, 1.54) is 13.2 Å². The first-order valence-electron chi connectivity index (χ1n) is 3.26. The Morgan fingerprint density at radius 3 is 2.36 bits per heavy atom. The highest BCUT2D eigenvalue weighted by Crippen LogP contribution is 2.19. The van der Waals surface area contributed by atoms with Gasteiger partial charge in [-0.25, -0.2) is 4.39 Å². The van der Waals surface area contributed by atoms with Gasteiger partial charge in [0.15, 0.2) is 0 Å². The molecule has 0 unspecified atom stereocenters. The van der Waals surface area contributed by atoms with E-state index in [0.29, 0.717) is 0 Å². The summed E-state index contributed by atoms with van der Waals surface area (Å²) in [5.41, 5.74) is 0. The summed E-state index contributed by atoms with van der Waals surface area (Å²) in [6, 6.07) is 3.05. The van der Waals surface area contributed by atoms with Gasteiger partial charge in [0, 0.05) is 6.07 Å². The van der Waals surface area contributed by atoms with E-state index in [2.05, 4.69) is 4.74 Å². The third-order valence-corrected chi connectivity index (χ3v) is 2.30. The maximum atomic E-state index is 12.9. The fourth-order valence-electron chi connectivity index (χ4n) is 0.818. The molecule has 7 heteroatoms. The zero-order chi connectivity index (χ0) is 10.1. The van der Waals surface area contributed by atoms with Crippen molar-refractivity contribution in [3.8, 4) is 5.75 Å². The van der Waals surface area contributed by atoms with Gasteiger partial charge in [0.1, 0.15) is 16.5 Å². The molecular weight excluding hydrogens is 235 g/mol. The topological polar surface area (TPSA) is 63.6 Å². The van der Waals surface area contributed by atoms with E-state index in [9.17, 15) is 12.8 Å². The summed E-state index contributed by atoms with van der Waals surface area (Å²) in [6.45, 7) is 0. The molecule has 0 saturated carbocycles. The summed E-state index contributed by atoms with van der Waals surface area (Å²) in [5, 5.41) is 0. The highest BCUT2D eigenvalue weighted by molar-refractivity contribution is 7.85. The first-order valence-corrected chi connectivity index (χ1v) is 4.70. The molecular formula is C7H8ClFO4S. The molecule has 1 aromatic rings. The fourth-order valence-corrected chi connectivity index (χ4v) is 1.36. The Labute approximate surface area is 86.9 Å². The molecule has 0 heterocycles. The van der Waals surface area contributed by atoms with E-state index >= 15 is 0 Å². The lowest BCUT2D eigenvalue weighted by Gasteiger charge is -2.02. The third-order valence-electron chi connectivity index (χ3n) is 1.42. The van der Waals surface area contributed by atoms with Crippen molar-refractivity contribution in [1.82, 2.24) is 0 Å². The Hall–Kier alpha value is -0.850. The summed E-state index contributed by atoms with van der Waals surface area (Å²) >= 11 is 0. The minimum Gasteiger partial charge on any atom is -0.497 e. The molecule has 0 aliphatic carbocycles. The van der Waals surface area contributed by atoms with Crippen molar-refractivity contribution in [2.75, 3.05) is 7.11 Å². The van der Waals surface area contributed by atoms with Crippen LogP contribution in [-0.4, -0.2) is 20.1 Å². The first kappa shape index (κ1) is 13.2. The van der Waals surface area contributed by atoms with Crippen LogP contribution in [0.3, 0.4) is 0 Å². The number of hydrogen-bond acceptors (Lipinski definition) is 3. The number of benzene rings is 1. The highest BCUT2D eigenvalue weighted by atomic mass is 35.5. The maximum Gasteiger partial charge on any atom is 0.297 e. The smallest absolute Gasteiger partial charge is 0.297 e. The number of ether oxygens (including phenoxy) is 1. The molecule has 4 nitrogen and oxygen atoms in total. The van der Waals surface area contributed by atoms with Crippen molar-refractivity contribution in [1.29, 1.82) is 0 Å². The van der Waals surface area contributed by atoms with Crippen LogP contribution in [0.15, 0.2) is 23.1 Å². The summed E-state index contributed by atoms with van der Waals surface area (Å²) in [6.07, 6.45) is 0. The summed E-state index contributed by atoms with van der Waals surface area (Å²) < 4.78 is 47.1. The van der Waals surface area contributed by atoms with E-state index in [4.69, 9.17) is 4.55 Å². The van der Waals surface area contributed by atoms with E-state index in [1.807, 2.05) is 0 Å². The summed E-state index contributed by atoms with van der Waals surface area (Å²) in [7, 11) is -3.17. The van der Waals surface area contributed by atoms with Crippen LogP contribution in [0.25, 0.3) is 0 Å². The normalized spacial score (nSPS) is 10.5. The zero-order valence-corrected chi connectivity index (χ0v) is 8.73. The molecule has 1 rings (SSSR count). The molecule has 0 bridgehead atoms. The van der Waals surface area contributed by atoms with Crippen molar-refractivity contribution in [3.63, 3.8) is 0 Å². The molecule has 0 aliphatic rings. The van der Waals surface area contributed by atoms with Crippen LogP contribution in [0.2, 0.25) is 0 Å². The van der Waals surface area contributed by atoms with E-state index in [0.717, 1.165) is 12.1 Å². The van der Waals surface area contributed by atoms with Gasteiger partial charge >= 0.3 is 0 Å². The van der Waals surface area contributed by atoms with Gasteiger partial charge in [-0.05, 0) is 12.1 Å². The molecule has 0 saturated heterocycles. The molecule has 0 radical (unpaired) electrons. The zero-order valence-electron chi connectivity index (χ0n) is 7.10. The van der Waals surface area contributed by atoms with Crippen LogP contribution >= 0.6 is 12.4 Å². The molecule has 0 spiro atoms. The quantitative estimate of drug-likeness (QED) is 0.799. The average Bonchev–Trinajstić information content (AvgIpc) is 2.01. The highest BCUT2D eigenvalue weighted by Gasteiger charge is 2.15. The van der Waals surface area contributed by atoms with Gasteiger partial charge in [-0.3, -0.25) is 4.55 Å². The number of methoxy groups -OCH3 is 1. The maximum absolute atomic E-state index is 12.9. The lowest BCUT2D eigenvalue weighted by Crippen LogP contribution is -2.01. The average molecular weight is 243 g/mol. The van der Waals surface area contributed by atoms with Gasteiger partial charge in [-0.2, -0.15) is 8.42 Å². The van der Waals surface area contributed by atoms with E-state index < -0.39 is 20.8 Å². The van der Waals surface area contributed by atoms with Gasteiger partial charge in [-0.15, -0.1) is 12.4 Å². The summed E-state index contributed by atoms with van der Waals surface area (Å²) in [5.74, 6) is -0.855. The predicted octanol–water partition coefficient (Wildman–Crippen LogP) is 1.50. The predicted molar refractivity (Wildman–Crippen MR) is 50.0 cm³/mol. The van der Waals surface area contributed by atoms with Gasteiger partial charge in [0.25, 0.3) is 10.1 Å². The van der Waals surface area contributed by atoms with Gasteiger partial charge in [0.05, 0.1) is 7.11 Å². The van der Waals surface area contributed by atoms with Crippen LogP contribution in [0.1, 0.15) is 0 Å². The van der Waals surface area contributed by atoms with Crippen molar-refractivity contribution < 1.29 is 22.1 Å². The van der Waals surface area contributed by atoms with Crippen LogP contribution < -0.4 is 4.74 Å². The fraction of sp³-hybridized carbons (Fsp3) is 0.143. The second kappa shape index (κ2) is 4.59. The van der Waals surface area contributed by atoms with E-state index in [1.54, 1.807) is 0 Å². The minimum atomic E-state index is -4.49. The summed E-state index contributed by atoms with van der Waals surface area (Å²) in [4.78, 5) is -0.756. The molecule has 0 fully saturated rings. The lowest BCUT2D eigenvalue weighted by molar-refractivity contribution is 0.409. The molecule has 0 aliphatic heterocycles. The van der Waals surface area contributed by atoms with Gasteiger partial charge < -0.3 is 4.74 Å². The number of rotatable bonds is 2. The molecule has 1 aromatic carbocycles. The Morgan fingerprint density at radius 1 is 1.43 bits per heavy atom. The van der Waals surface area contributed by atoms with Gasteiger partial charge in [-0.1, -0.05) is 0 Å². The molecule has 80 valence electrons. The lowest BCUT2D eigenvalue weighted by atomic mass is 10.3. The standard InChI is InChI=1S/C7H7FO4S.ClH/c1-12-5-2-3-7(6(8)4-5)13(9,10)11;/h2-4H,1H3,(H,9,10,11);1H. The molecule has 0 amide bonds. The minimum absolute atomic E-state index is 0. The molecule has 1 N–H and O–H groups in total. The van der Waals surface area contributed by atoms with Crippen LogP contribution in [-0.2, 0) is 10.1 Å². The van der Waals surface area contributed by atoms with Crippen molar-refractivity contribution >= 4 is 22.5 Å². The Bertz CT molecular complexity index is 418. The number of hydrogen-bond donors (Lipinski definition) is 1. The van der Waals surface area contributed by atoms with Crippen LogP contribution in [0, 0.1) is 5.82 Å². The van der Waals surface area contributed by atoms with E-state index in [-0.39, 0.29) is 18.2 Å². The molecule has 0 aromatic heterocycles. The van der Waals surface area contributed by atoms with Crippen LogP contribution in [0.4, 0.5) is 4.39 Å². The molecule has 0 atom stereocenters. The second-order valence-corrected chi connectivity index (χ2v) is 3.66. The first-order chi connectivity index (χ1) is 5.95. The van der Waals surface area contributed by atoms with Crippen molar-refractivity contribution in [3.05, 3.63) is 24.0 Å². The van der Waals surface area contributed by atoms with Crippen molar-refractivity contribution in [2.24, 2.45) is 0 Å². The largest absolute Gasteiger partial charge is 0.497 e.